The average Bonchev–Trinajstić information content (AvgIpc) is 2.89. The molecule has 1 fully saturated rings. The molecule has 8 nitrogen and oxygen atoms in total. The van der Waals surface area contributed by atoms with E-state index in [0.29, 0.717) is 43.0 Å². The molecule has 0 bridgehead atoms. The van der Waals surface area contributed by atoms with Gasteiger partial charge in [-0.15, -0.1) is 0 Å². The Morgan fingerprint density at radius 3 is 2.58 bits per heavy atom. The third kappa shape index (κ3) is 5.68. The number of hydrogen-bond acceptors (Lipinski definition) is 6. The standard InChI is InChI=1S/C26H24F2N6O2/c1-16-31-15-21(26(36)32-14-17-5-8-30-19(11-17)13-29)25(33-16)18-6-9-34(10-7-18)24(35)12-20-22(27)3-2-4-23(20)28/h2-5,8,11,15,18H,6-7,9-10,12,14H2,1H3,(H,32,36). The highest BCUT2D eigenvalue weighted by Crippen LogP contribution is 2.29. The van der Waals surface area contributed by atoms with Crippen molar-refractivity contribution in [3.8, 4) is 6.07 Å². The predicted octanol–water partition coefficient (Wildman–Crippen LogP) is 3.21. The number of nitrogens with one attached hydrogen (secondary N) is 1. The van der Waals surface area contributed by atoms with Gasteiger partial charge in [-0.1, -0.05) is 6.07 Å². The maximum absolute atomic E-state index is 13.9. The molecule has 1 aliphatic heterocycles. The zero-order valence-electron chi connectivity index (χ0n) is 19.7. The third-order valence-electron chi connectivity index (χ3n) is 6.20. The molecule has 1 N–H and O–H groups in total. The number of pyridine rings is 1. The minimum absolute atomic E-state index is 0.0761. The molecule has 0 saturated carbocycles. The molecule has 4 rings (SSSR count). The van der Waals surface area contributed by atoms with Crippen LogP contribution in [0.5, 0.6) is 0 Å². The molecule has 0 atom stereocenters. The number of likely N-dealkylation sites (tertiary alicyclic amines) is 1. The van der Waals surface area contributed by atoms with Gasteiger partial charge in [0.25, 0.3) is 5.91 Å². The Labute approximate surface area is 207 Å². The highest BCUT2D eigenvalue weighted by Gasteiger charge is 2.29. The van der Waals surface area contributed by atoms with Gasteiger partial charge in [0.15, 0.2) is 0 Å². The summed E-state index contributed by atoms with van der Waals surface area (Å²) < 4.78 is 27.9. The van der Waals surface area contributed by atoms with Gasteiger partial charge in [0.1, 0.15) is 29.2 Å². The largest absolute Gasteiger partial charge is 0.348 e. The SMILES string of the molecule is Cc1ncc(C(=O)NCc2ccnc(C#N)c2)c(C2CCN(C(=O)Cc3c(F)cccc3F)CC2)n1. The lowest BCUT2D eigenvalue weighted by atomic mass is 9.90. The van der Waals surface area contributed by atoms with Gasteiger partial charge in [-0.2, -0.15) is 5.26 Å². The van der Waals surface area contributed by atoms with Gasteiger partial charge in [0.2, 0.25) is 5.91 Å². The summed E-state index contributed by atoms with van der Waals surface area (Å²) in [6.45, 7) is 2.73. The summed E-state index contributed by atoms with van der Waals surface area (Å²) in [6, 6.07) is 8.83. The van der Waals surface area contributed by atoms with Gasteiger partial charge >= 0.3 is 0 Å². The van der Waals surface area contributed by atoms with E-state index in [1.54, 1.807) is 24.0 Å². The van der Waals surface area contributed by atoms with Crippen molar-refractivity contribution in [2.24, 2.45) is 0 Å². The maximum Gasteiger partial charge on any atom is 0.254 e. The van der Waals surface area contributed by atoms with Gasteiger partial charge in [-0.05, 0) is 49.6 Å². The molecule has 1 aliphatic rings. The lowest BCUT2D eigenvalue weighted by Crippen LogP contribution is -2.39. The summed E-state index contributed by atoms with van der Waals surface area (Å²) in [5.41, 5.74) is 1.74. The summed E-state index contributed by atoms with van der Waals surface area (Å²) in [4.78, 5) is 39.9. The fourth-order valence-electron chi connectivity index (χ4n) is 4.26. The fourth-order valence-corrected chi connectivity index (χ4v) is 4.26. The predicted molar refractivity (Wildman–Crippen MR) is 126 cm³/mol. The Morgan fingerprint density at radius 1 is 1.17 bits per heavy atom. The highest BCUT2D eigenvalue weighted by atomic mass is 19.1. The van der Waals surface area contributed by atoms with Gasteiger partial charge < -0.3 is 10.2 Å². The van der Waals surface area contributed by atoms with Crippen molar-refractivity contribution in [3.05, 3.63) is 88.3 Å². The molecule has 0 spiro atoms. The van der Waals surface area contributed by atoms with Crippen LogP contribution in [-0.4, -0.2) is 44.8 Å². The Kier molecular flexibility index (Phi) is 7.59. The minimum Gasteiger partial charge on any atom is -0.348 e. The molecule has 2 amide bonds. The zero-order valence-corrected chi connectivity index (χ0v) is 19.7. The Balaban J connectivity index is 1.41. The molecular weight excluding hydrogens is 466 g/mol. The number of nitrogens with zero attached hydrogens (tertiary/aromatic N) is 5. The van der Waals surface area contributed by atoms with Crippen molar-refractivity contribution < 1.29 is 18.4 Å². The van der Waals surface area contributed by atoms with Crippen molar-refractivity contribution in [3.63, 3.8) is 0 Å². The number of rotatable bonds is 6. The fraction of sp³-hybridized carbons (Fsp3) is 0.308. The van der Waals surface area contributed by atoms with Crippen LogP contribution < -0.4 is 5.32 Å². The molecule has 0 unspecified atom stereocenters. The summed E-state index contributed by atoms with van der Waals surface area (Å²) >= 11 is 0. The first-order valence-corrected chi connectivity index (χ1v) is 11.5. The van der Waals surface area contributed by atoms with Crippen LogP contribution in [0.25, 0.3) is 0 Å². The van der Waals surface area contributed by atoms with Gasteiger partial charge in [0, 0.05) is 43.5 Å². The number of aryl methyl sites for hydroxylation is 1. The van der Waals surface area contributed by atoms with E-state index in [1.807, 2.05) is 6.07 Å². The number of carbonyl (C=O) groups is 2. The Bertz CT molecular complexity index is 1310. The van der Waals surface area contributed by atoms with E-state index < -0.39 is 11.6 Å². The Hall–Kier alpha value is -4.26. The van der Waals surface area contributed by atoms with E-state index in [4.69, 9.17) is 5.26 Å². The molecule has 0 radical (unpaired) electrons. The van der Waals surface area contributed by atoms with Gasteiger partial charge in [-0.3, -0.25) is 9.59 Å². The number of nitriles is 1. The van der Waals surface area contributed by atoms with Crippen LogP contribution in [0.1, 0.15) is 57.5 Å². The van der Waals surface area contributed by atoms with Crippen molar-refractivity contribution >= 4 is 11.8 Å². The molecule has 3 aromatic rings. The number of hydrogen-bond donors (Lipinski definition) is 1. The van der Waals surface area contributed by atoms with Crippen LogP contribution in [0.4, 0.5) is 8.78 Å². The normalized spacial score (nSPS) is 13.8. The number of benzene rings is 1. The molecule has 10 heteroatoms. The number of carbonyl (C=O) groups excluding carboxylic acids is 2. The van der Waals surface area contributed by atoms with Crippen LogP contribution in [0.15, 0.2) is 42.7 Å². The average molecular weight is 491 g/mol. The first kappa shape index (κ1) is 24.9. The van der Waals surface area contributed by atoms with Crippen LogP contribution in [0.3, 0.4) is 0 Å². The molecule has 1 aromatic carbocycles. The van der Waals surface area contributed by atoms with Gasteiger partial charge in [-0.25, -0.2) is 23.7 Å². The van der Waals surface area contributed by atoms with Crippen LogP contribution in [0, 0.1) is 29.9 Å². The Morgan fingerprint density at radius 2 is 1.89 bits per heavy atom. The van der Waals surface area contributed by atoms with E-state index in [2.05, 4.69) is 20.3 Å². The van der Waals surface area contributed by atoms with Crippen molar-refractivity contribution in [2.45, 2.75) is 38.6 Å². The number of aromatic nitrogens is 3. The summed E-state index contributed by atoms with van der Waals surface area (Å²) in [7, 11) is 0. The topological polar surface area (TPSA) is 112 Å². The maximum atomic E-state index is 13.9. The van der Waals surface area contributed by atoms with E-state index >= 15 is 0 Å². The number of piperidine rings is 1. The molecule has 184 valence electrons. The van der Waals surface area contributed by atoms with Crippen LogP contribution >= 0.6 is 0 Å². The molecular formula is C26H24F2N6O2. The molecule has 2 aromatic heterocycles. The lowest BCUT2D eigenvalue weighted by Gasteiger charge is -2.32. The van der Waals surface area contributed by atoms with E-state index in [0.717, 1.165) is 17.7 Å². The lowest BCUT2D eigenvalue weighted by molar-refractivity contribution is -0.131. The molecule has 36 heavy (non-hydrogen) atoms. The summed E-state index contributed by atoms with van der Waals surface area (Å²) in [6.07, 6.45) is 3.77. The summed E-state index contributed by atoms with van der Waals surface area (Å²) in [5.74, 6) is -1.70. The first-order valence-electron chi connectivity index (χ1n) is 11.5. The quantitative estimate of drug-likeness (QED) is 0.568. The number of halogens is 2. The van der Waals surface area contributed by atoms with Crippen molar-refractivity contribution in [1.82, 2.24) is 25.2 Å². The van der Waals surface area contributed by atoms with Crippen LogP contribution in [-0.2, 0) is 17.8 Å². The second-order valence-electron chi connectivity index (χ2n) is 8.59. The highest BCUT2D eigenvalue weighted by molar-refractivity contribution is 5.95. The van der Waals surface area contributed by atoms with Crippen LogP contribution in [0.2, 0.25) is 0 Å². The van der Waals surface area contributed by atoms with E-state index in [-0.39, 0.29) is 42.0 Å². The second-order valence-corrected chi connectivity index (χ2v) is 8.59. The monoisotopic (exact) mass is 490 g/mol. The smallest absolute Gasteiger partial charge is 0.254 e. The third-order valence-corrected chi connectivity index (χ3v) is 6.20. The van der Waals surface area contributed by atoms with Crippen molar-refractivity contribution in [1.29, 1.82) is 5.26 Å². The summed E-state index contributed by atoms with van der Waals surface area (Å²) in [5, 5.41) is 11.8. The minimum atomic E-state index is -0.735. The second kappa shape index (κ2) is 11.0. The van der Waals surface area contributed by atoms with Crippen molar-refractivity contribution in [2.75, 3.05) is 13.1 Å². The van der Waals surface area contributed by atoms with E-state index in [9.17, 15) is 18.4 Å². The zero-order chi connectivity index (χ0) is 25.7. The van der Waals surface area contributed by atoms with Gasteiger partial charge in [0.05, 0.1) is 17.7 Å². The first-order chi connectivity index (χ1) is 17.4. The molecule has 1 saturated heterocycles. The van der Waals surface area contributed by atoms with E-state index in [1.165, 1.54) is 18.5 Å². The number of amides is 2. The molecule has 3 heterocycles. The molecule has 0 aliphatic carbocycles.